The van der Waals surface area contributed by atoms with E-state index in [0.717, 1.165) is 12.8 Å². The smallest absolute Gasteiger partial charge is 0.330 e. The van der Waals surface area contributed by atoms with E-state index in [2.05, 4.69) is 13.8 Å². The largest absolute Gasteiger partial charge is 0.478 e. The maximum Gasteiger partial charge on any atom is 0.330 e. The highest BCUT2D eigenvalue weighted by Crippen LogP contribution is 2.17. The molecule has 0 aromatic heterocycles. The Hall–Kier alpha value is -0.790. The van der Waals surface area contributed by atoms with Crippen molar-refractivity contribution >= 4 is 5.97 Å². The third kappa shape index (κ3) is 5.79. The minimum atomic E-state index is -0.796. The molecule has 0 fully saturated rings. The zero-order valence-corrected chi connectivity index (χ0v) is 9.55. The minimum absolute atomic E-state index is 0.472. The highest BCUT2D eigenvalue weighted by atomic mass is 16.4. The zero-order chi connectivity index (χ0) is 11.0. The van der Waals surface area contributed by atoms with Crippen molar-refractivity contribution in [3.8, 4) is 0 Å². The van der Waals surface area contributed by atoms with E-state index >= 15 is 0 Å². The van der Waals surface area contributed by atoms with Crippen LogP contribution >= 0.6 is 0 Å². The minimum Gasteiger partial charge on any atom is -0.478 e. The number of carbonyl (C=O) groups is 1. The number of unbranched alkanes of at least 4 members (excludes halogenated alkanes) is 1. The molecule has 2 nitrogen and oxygen atoms in total. The SMILES string of the molecule is CCCCC(CC)C/C=C(\C)C(=O)O. The fourth-order valence-electron chi connectivity index (χ4n) is 1.41. The van der Waals surface area contributed by atoms with E-state index < -0.39 is 5.97 Å². The third-order valence-electron chi connectivity index (χ3n) is 2.64. The molecule has 0 heterocycles. The summed E-state index contributed by atoms with van der Waals surface area (Å²) in [5.41, 5.74) is 0.472. The van der Waals surface area contributed by atoms with Crippen molar-refractivity contribution in [1.29, 1.82) is 0 Å². The van der Waals surface area contributed by atoms with Gasteiger partial charge in [-0.2, -0.15) is 0 Å². The van der Waals surface area contributed by atoms with Crippen LogP contribution < -0.4 is 0 Å². The number of rotatable bonds is 7. The lowest BCUT2D eigenvalue weighted by Crippen LogP contribution is -2.00. The Kier molecular flexibility index (Phi) is 7.17. The Bertz CT molecular complexity index is 194. The summed E-state index contributed by atoms with van der Waals surface area (Å²) in [6.45, 7) is 6.02. The molecule has 0 aromatic carbocycles. The van der Waals surface area contributed by atoms with Gasteiger partial charge in [-0.3, -0.25) is 0 Å². The van der Waals surface area contributed by atoms with Crippen molar-refractivity contribution in [2.24, 2.45) is 5.92 Å². The summed E-state index contributed by atoms with van der Waals surface area (Å²) in [4.78, 5) is 10.5. The zero-order valence-electron chi connectivity index (χ0n) is 9.55. The monoisotopic (exact) mass is 198 g/mol. The highest BCUT2D eigenvalue weighted by Gasteiger charge is 2.05. The first-order chi connectivity index (χ1) is 6.61. The summed E-state index contributed by atoms with van der Waals surface area (Å²) in [6, 6.07) is 0. The molecule has 0 aliphatic heterocycles. The van der Waals surface area contributed by atoms with E-state index in [-0.39, 0.29) is 0 Å². The van der Waals surface area contributed by atoms with Crippen LogP contribution in [0, 0.1) is 5.92 Å². The van der Waals surface area contributed by atoms with Gasteiger partial charge >= 0.3 is 5.97 Å². The number of hydrogen-bond donors (Lipinski definition) is 1. The van der Waals surface area contributed by atoms with Crippen molar-refractivity contribution in [2.75, 3.05) is 0 Å². The Morgan fingerprint density at radius 1 is 1.43 bits per heavy atom. The van der Waals surface area contributed by atoms with Crippen LogP contribution in [0.25, 0.3) is 0 Å². The van der Waals surface area contributed by atoms with Crippen LogP contribution in [0.15, 0.2) is 11.6 Å². The van der Waals surface area contributed by atoms with Gasteiger partial charge in [0.15, 0.2) is 0 Å². The normalized spacial score (nSPS) is 14.1. The lowest BCUT2D eigenvalue weighted by Gasteiger charge is -2.11. The van der Waals surface area contributed by atoms with Gasteiger partial charge in [0.1, 0.15) is 0 Å². The predicted molar refractivity (Wildman–Crippen MR) is 59.3 cm³/mol. The van der Waals surface area contributed by atoms with Crippen molar-refractivity contribution in [3.63, 3.8) is 0 Å². The third-order valence-corrected chi connectivity index (χ3v) is 2.64. The molecule has 0 aliphatic carbocycles. The lowest BCUT2D eigenvalue weighted by atomic mass is 9.95. The van der Waals surface area contributed by atoms with Crippen molar-refractivity contribution < 1.29 is 9.90 Å². The summed E-state index contributed by atoms with van der Waals surface area (Å²) < 4.78 is 0. The van der Waals surface area contributed by atoms with Crippen molar-refractivity contribution in [3.05, 3.63) is 11.6 Å². The van der Waals surface area contributed by atoms with Crippen LogP contribution in [-0.4, -0.2) is 11.1 Å². The van der Waals surface area contributed by atoms with E-state index in [1.807, 2.05) is 6.08 Å². The summed E-state index contributed by atoms with van der Waals surface area (Å²) >= 11 is 0. The summed E-state index contributed by atoms with van der Waals surface area (Å²) in [6.07, 6.45) is 7.59. The van der Waals surface area contributed by atoms with Gasteiger partial charge in [-0.05, 0) is 19.3 Å². The molecule has 0 bridgehead atoms. The number of carboxylic acid groups (broad SMARTS) is 1. The lowest BCUT2D eigenvalue weighted by molar-refractivity contribution is -0.132. The van der Waals surface area contributed by atoms with E-state index in [1.165, 1.54) is 19.3 Å². The maximum absolute atomic E-state index is 10.5. The molecule has 82 valence electrons. The van der Waals surface area contributed by atoms with Gasteiger partial charge in [0, 0.05) is 5.57 Å². The molecule has 0 spiro atoms. The molecule has 0 saturated carbocycles. The summed E-state index contributed by atoms with van der Waals surface area (Å²) in [5.74, 6) is -0.139. The van der Waals surface area contributed by atoms with Crippen LogP contribution in [0.5, 0.6) is 0 Å². The second-order valence-electron chi connectivity index (χ2n) is 3.84. The van der Waals surface area contributed by atoms with Crippen molar-refractivity contribution in [1.82, 2.24) is 0 Å². The number of carboxylic acids is 1. The molecule has 14 heavy (non-hydrogen) atoms. The topological polar surface area (TPSA) is 37.3 Å². The average molecular weight is 198 g/mol. The quantitative estimate of drug-likeness (QED) is 0.634. The standard InChI is InChI=1S/C12H22O2/c1-4-6-7-11(5-2)9-8-10(3)12(13)14/h8,11H,4-7,9H2,1-3H3,(H,13,14)/b10-8+. The van der Waals surface area contributed by atoms with Gasteiger partial charge in [0.2, 0.25) is 0 Å². The van der Waals surface area contributed by atoms with Gasteiger partial charge in [0.25, 0.3) is 0 Å². The second-order valence-corrected chi connectivity index (χ2v) is 3.84. The van der Waals surface area contributed by atoms with Gasteiger partial charge in [-0.25, -0.2) is 4.79 Å². The fraction of sp³-hybridized carbons (Fsp3) is 0.750. The van der Waals surface area contributed by atoms with E-state index in [9.17, 15) is 4.79 Å². The van der Waals surface area contributed by atoms with Gasteiger partial charge < -0.3 is 5.11 Å². The summed E-state index contributed by atoms with van der Waals surface area (Å²) in [7, 11) is 0. The molecule has 1 unspecified atom stereocenters. The maximum atomic E-state index is 10.5. The Balaban J connectivity index is 3.93. The first-order valence-electron chi connectivity index (χ1n) is 5.51. The molecule has 0 amide bonds. The molecule has 0 aromatic rings. The first-order valence-corrected chi connectivity index (χ1v) is 5.51. The Labute approximate surface area is 87.0 Å². The van der Waals surface area contributed by atoms with Gasteiger partial charge in [-0.1, -0.05) is 45.6 Å². The van der Waals surface area contributed by atoms with Crippen LogP contribution in [0.1, 0.15) is 52.9 Å². The second kappa shape index (κ2) is 7.60. The predicted octanol–water partition coefficient (Wildman–Crippen LogP) is 3.62. The van der Waals surface area contributed by atoms with Crippen molar-refractivity contribution in [2.45, 2.75) is 52.9 Å². The molecule has 0 saturated heterocycles. The molecule has 2 heteroatoms. The average Bonchev–Trinajstić information content (AvgIpc) is 2.17. The van der Waals surface area contributed by atoms with E-state index in [0.29, 0.717) is 11.5 Å². The van der Waals surface area contributed by atoms with Crippen LogP contribution in [0.2, 0.25) is 0 Å². The van der Waals surface area contributed by atoms with E-state index in [4.69, 9.17) is 5.11 Å². The van der Waals surface area contributed by atoms with Crippen LogP contribution in [0.3, 0.4) is 0 Å². The fourth-order valence-corrected chi connectivity index (χ4v) is 1.41. The Morgan fingerprint density at radius 2 is 2.07 bits per heavy atom. The molecule has 1 atom stereocenters. The number of hydrogen-bond acceptors (Lipinski definition) is 1. The molecule has 0 aliphatic rings. The molecule has 0 rings (SSSR count). The van der Waals surface area contributed by atoms with Gasteiger partial charge in [-0.15, -0.1) is 0 Å². The van der Waals surface area contributed by atoms with Gasteiger partial charge in [0.05, 0.1) is 0 Å². The highest BCUT2D eigenvalue weighted by molar-refractivity contribution is 5.85. The van der Waals surface area contributed by atoms with Crippen LogP contribution in [-0.2, 0) is 4.79 Å². The first kappa shape index (κ1) is 13.2. The van der Waals surface area contributed by atoms with E-state index in [1.54, 1.807) is 6.92 Å². The Morgan fingerprint density at radius 3 is 2.50 bits per heavy atom. The number of allylic oxidation sites excluding steroid dienone is 1. The molecule has 0 radical (unpaired) electrons. The van der Waals surface area contributed by atoms with Crippen LogP contribution in [0.4, 0.5) is 0 Å². The summed E-state index contributed by atoms with van der Waals surface area (Å²) in [5, 5.41) is 8.68. The molecular formula is C12H22O2. The molecule has 1 N–H and O–H groups in total. The molecular weight excluding hydrogens is 176 g/mol. The number of aliphatic carboxylic acids is 1.